The highest BCUT2D eigenvalue weighted by Crippen LogP contribution is 2.20. The van der Waals surface area contributed by atoms with Gasteiger partial charge in [-0.1, -0.05) is 16.8 Å². The van der Waals surface area contributed by atoms with E-state index in [4.69, 9.17) is 16.1 Å². The molecule has 2 aromatic rings. The Kier molecular flexibility index (Phi) is 4.24. The number of nitrogens with zero attached hydrogens (tertiary/aromatic N) is 3. The fraction of sp³-hybridized carbons (Fsp3) is 0.467. The van der Waals surface area contributed by atoms with Gasteiger partial charge in [0.25, 0.3) is 5.89 Å². The normalized spacial score (nSPS) is 23.4. The maximum absolute atomic E-state index is 5.88. The lowest BCUT2D eigenvalue weighted by Crippen LogP contribution is -2.53. The molecule has 1 aromatic carbocycles. The summed E-state index contributed by atoms with van der Waals surface area (Å²) >= 11 is 5.88. The summed E-state index contributed by atoms with van der Waals surface area (Å²) in [5, 5.41) is 8.25. The molecule has 1 aliphatic heterocycles. The third-order valence-electron chi connectivity index (χ3n) is 3.80. The van der Waals surface area contributed by atoms with Crippen molar-refractivity contribution in [1.29, 1.82) is 0 Å². The number of piperazine rings is 1. The second-order valence-corrected chi connectivity index (χ2v) is 6.05. The van der Waals surface area contributed by atoms with Gasteiger partial charge < -0.3 is 9.84 Å². The lowest BCUT2D eigenvalue weighted by atomic mass is 10.1. The van der Waals surface area contributed by atoms with Gasteiger partial charge in [-0.25, -0.2) is 0 Å². The number of hydrogen-bond acceptors (Lipinski definition) is 5. The summed E-state index contributed by atoms with van der Waals surface area (Å²) in [5.41, 5.74) is 0.889. The van der Waals surface area contributed by atoms with Crippen LogP contribution < -0.4 is 5.32 Å². The van der Waals surface area contributed by atoms with Gasteiger partial charge in [-0.15, -0.1) is 0 Å². The minimum absolute atomic E-state index is 0.471. The minimum Gasteiger partial charge on any atom is -0.334 e. The van der Waals surface area contributed by atoms with Gasteiger partial charge >= 0.3 is 0 Å². The molecule has 2 atom stereocenters. The quantitative estimate of drug-likeness (QED) is 0.944. The smallest absolute Gasteiger partial charge is 0.257 e. The molecule has 0 spiro atoms. The van der Waals surface area contributed by atoms with Crippen LogP contribution in [-0.2, 0) is 6.54 Å². The minimum atomic E-state index is 0.471. The van der Waals surface area contributed by atoms with Crippen molar-refractivity contribution in [2.24, 2.45) is 0 Å². The van der Waals surface area contributed by atoms with Crippen LogP contribution in [0, 0.1) is 0 Å². The highest BCUT2D eigenvalue weighted by Gasteiger charge is 2.24. The summed E-state index contributed by atoms with van der Waals surface area (Å²) in [6, 6.07) is 8.37. The molecule has 0 saturated carbocycles. The summed E-state index contributed by atoms with van der Waals surface area (Å²) in [6.07, 6.45) is 0. The summed E-state index contributed by atoms with van der Waals surface area (Å²) in [4.78, 5) is 6.85. The van der Waals surface area contributed by atoms with Gasteiger partial charge in [0.2, 0.25) is 0 Å². The Morgan fingerprint density at radius 1 is 1.33 bits per heavy atom. The standard InChI is InChI=1S/C15H19ClN4O/c1-10-8-20(11(2)7-17-10)9-14-18-15(21-19-14)12-3-5-13(16)6-4-12/h3-6,10-11,17H,7-9H2,1-2H3. The first-order valence-corrected chi connectivity index (χ1v) is 7.55. The van der Waals surface area contributed by atoms with Crippen molar-refractivity contribution in [3.8, 4) is 11.5 Å². The Morgan fingerprint density at radius 2 is 2.10 bits per heavy atom. The molecule has 1 aromatic heterocycles. The summed E-state index contributed by atoms with van der Waals surface area (Å²) in [6.45, 7) is 7.09. The van der Waals surface area contributed by atoms with Crippen LogP contribution in [0.5, 0.6) is 0 Å². The molecule has 2 unspecified atom stereocenters. The molecule has 2 heterocycles. The van der Waals surface area contributed by atoms with Crippen molar-refractivity contribution in [2.75, 3.05) is 13.1 Å². The molecule has 0 amide bonds. The van der Waals surface area contributed by atoms with Gasteiger partial charge in [0.15, 0.2) is 5.82 Å². The first-order valence-electron chi connectivity index (χ1n) is 7.18. The van der Waals surface area contributed by atoms with Crippen molar-refractivity contribution in [3.63, 3.8) is 0 Å². The monoisotopic (exact) mass is 306 g/mol. The predicted molar refractivity (Wildman–Crippen MR) is 82.1 cm³/mol. The molecule has 21 heavy (non-hydrogen) atoms. The molecule has 0 aliphatic carbocycles. The van der Waals surface area contributed by atoms with Crippen LogP contribution in [0.4, 0.5) is 0 Å². The van der Waals surface area contributed by atoms with E-state index in [9.17, 15) is 0 Å². The number of halogens is 1. The molecule has 1 fully saturated rings. The largest absolute Gasteiger partial charge is 0.334 e. The van der Waals surface area contributed by atoms with E-state index in [1.54, 1.807) is 0 Å². The van der Waals surface area contributed by atoms with Crippen LogP contribution in [0.3, 0.4) is 0 Å². The summed E-state index contributed by atoms with van der Waals surface area (Å²) < 4.78 is 5.35. The maximum Gasteiger partial charge on any atom is 0.257 e. The zero-order valence-corrected chi connectivity index (χ0v) is 13.0. The maximum atomic E-state index is 5.88. The Hall–Kier alpha value is -1.43. The Bertz CT molecular complexity index is 598. The first kappa shape index (κ1) is 14.5. The third kappa shape index (κ3) is 3.43. The lowest BCUT2D eigenvalue weighted by Gasteiger charge is -2.36. The highest BCUT2D eigenvalue weighted by molar-refractivity contribution is 6.30. The van der Waals surface area contributed by atoms with Gasteiger partial charge in [0.05, 0.1) is 6.54 Å². The van der Waals surface area contributed by atoms with Crippen LogP contribution in [0.2, 0.25) is 5.02 Å². The van der Waals surface area contributed by atoms with E-state index >= 15 is 0 Å². The zero-order chi connectivity index (χ0) is 14.8. The zero-order valence-electron chi connectivity index (χ0n) is 12.2. The lowest BCUT2D eigenvalue weighted by molar-refractivity contribution is 0.134. The van der Waals surface area contributed by atoms with Gasteiger partial charge in [0.1, 0.15) is 0 Å². The van der Waals surface area contributed by atoms with Crippen molar-refractivity contribution >= 4 is 11.6 Å². The van der Waals surface area contributed by atoms with Crippen molar-refractivity contribution < 1.29 is 4.52 Å². The van der Waals surface area contributed by atoms with E-state index in [0.29, 0.717) is 29.5 Å². The summed E-state index contributed by atoms with van der Waals surface area (Å²) in [7, 11) is 0. The van der Waals surface area contributed by atoms with Crippen LogP contribution in [-0.4, -0.2) is 40.2 Å². The van der Waals surface area contributed by atoms with E-state index in [-0.39, 0.29) is 0 Å². The Balaban J connectivity index is 1.71. The molecular formula is C15H19ClN4O. The Labute approximate surface area is 129 Å². The number of aromatic nitrogens is 2. The molecule has 1 aliphatic rings. The molecular weight excluding hydrogens is 288 g/mol. The van der Waals surface area contributed by atoms with Crippen LogP contribution in [0.25, 0.3) is 11.5 Å². The van der Waals surface area contributed by atoms with Crippen molar-refractivity contribution in [3.05, 3.63) is 35.1 Å². The van der Waals surface area contributed by atoms with E-state index in [1.807, 2.05) is 24.3 Å². The average molecular weight is 307 g/mol. The molecule has 6 heteroatoms. The average Bonchev–Trinajstić information content (AvgIpc) is 2.92. The molecule has 1 saturated heterocycles. The van der Waals surface area contributed by atoms with E-state index in [0.717, 1.165) is 24.5 Å². The second kappa shape index (κ2) is 6.13. The number of nitrogens with one attached hydrogen (secondary N) is 1. The number of benzene rings is 1. The second-order valence-electron chi connectivity index (χ2n) is 5.61. The molecule has 3 rings (SSSR count). The Morgan fingerprint density at radius 3 is 2.86 bits per heavy atom. The highest BCUT2D eigenvalue weighted by atomic mass is 35.5. The molecule has 1 N–H and O–H groups in total. The number of rotatable bonds is 3. The SMILES string of the molecule is CC1CN(Cc2noc(-c3ccc(Cl)cc3)n2)C(C)CN1. The topological polar surface area (TPSA) is 54.2 Å². The van der Waals surface area contributed by atoms with Gasteiger partial charge in [-0.2, -0.15) is 4.98 Å². The molecule has 0 bridgehead atoms. The van der Waals surface area contributed by atoms with E-state index in [1.165, 1.54) is 0 Å². The van der Waals surface area contributed by atoms with Crippen LogP contribution >= 0.6 is 11.6 Å². The molecule has 0 radical (unpaired) electrons. The fourth-order valence-electron chi connectivity index (χ4n) is 2.53. The van der Waals surface area contributed by atoms with Gasteiger partial charge in [-0.3, -0.25) is 4.90 Å². The summed E-state index contributed by atoms with van der Waals surface area (Å²) in [5.74, 6) is 1.26. The van der Waals surface area contributed by atoms with Crippen LogP contribution in [0.15, 0.2) is 28.8 Å². The van der Waals surface area contributed by atoms with Crippen LogP contribution in [0.1, 0.15) is 19.7 Å². The molecule has 5 nitrogen and oxygen atoms in total. The van der Waals surface area contributed by atoms with Gasteiger partial charge in [0, 0.05) is 35.8 Å². The fourth-order valence-corrected chi connectivity index (χ4v) is 2.65. The molecule has 112 valence electrons. The van der Waals surface area contributed by atoms with Crippen molar-refractivity contribution in [1.82, 2.24) is 20.4 Å². The van der Waals surface area contributed by atoms with Gasteiger partial charge in [-0.05, 0) is 38.1 Å². The van der Waals surface area contributed by atoms with E-state index < -0.39 is 0 Å². The van der Waals surface area contributed by atoms with E-state index in [2.05, 4.69) is 34.2 Å². The predicted octanol–water partition coefficient (Wildman–Crippen LogP) is 2.57. The first-order chi connectivity index (χ1) is 10.1. The van der Waals surface area contributed by atoms with Crippen molar-refractivity contribution in [2.45, 2.75) is 32.5 Å². The number of hydrogen-bond donors (Lipinski definition) is 1. The third-order valence-corrected chi connectivity index (χ3v) is 4.05.